The summed E-state index contributed by atoms with van der Waals surface area (Å²) in [4.78, 5) is 0. The molecule has 0 saturated carbocycles. The second-order valence-electron chi connectivity index (χ2n) is 6.21. The summed E-state index contributed by atoms with van der Waals surface area (Å²) in [5.41, 5.74) is 25.2. The van der Waals surface area contributed by atoms with Crippen LogP contribution in [0.4, 0.5) is 31.5 Å². The molecule has 2 heterocycles. The third-order valence-corrected chi connectivity index (χ3v) is 9.45. The summed E-state index contributed by atoms with van der Waals surface area (Å²) in [6.07, 6.45) is 0. The average molecular weight is 451 g/mol. The Balaban J connectivity index is 1.97. The highest BCUT2D eigenvalue weighted by atomic mass is 32.1. The lowest BCUT2D eigenvalue weighted by atomic mass is 10.3. The fourth-order valence-corrected chi connectivity index (χ4v) is 7.80. The zero-order chi connectivity index (χ0) is 19.7. The lowest BCUT2D eigenvalue weighted by Gasteiger charge is -2.10. The fraction of sp³-hybridized carbons (Fsp3) is 0. The van der Waals surface area contributed by atoms with Crippen molar-refractivity contribution in [3.63, 3.8) is 0 Å². The smallest absolute Gasteiger partial charge is 0.160 e. The molecule has 4 nitrogen and oxygen atoms in total. The zero-order valence-electron chi connectivity index (χ0n) is 14.0. The van der Waals surface area contributed by atoms with E-state index in [1.807, 2.05) is 0 Å². The van der Waals surface area contributed by atoms with E-state index in [9.17, 15) is 0 Å². The van der Waals surface area contributed by atoms with E-state index in [2.05, 4.69) is 0 Å². The van der Waals surface area contributed by atoms with E-state index in [0.29, 0.717) is 22.7 Å². The van der Waals surface area contributed by atoms with E-state index in [0.717, 1.165) is 18.8 Å². The van der Waals surface area contributed by atoms with E-state index in [-0.39, 0.29) is 18.8 Å². The third-order valence-electron chi connectivity index (χ3n) is 4.36. The molecule has 0 aliphatic carbocycles. The highest BCUT2D eigenvalue weighted by molar-refractivity contribution is 7.38. The number of halogens is 2. The second-order valence-corrected chi connectivity index (χ2v) is 10.4. The maximum atomic E-state index is 15.4. The van der Waals surface area contributed by atoms with Gasteiger partial charge in [-0.3, -0.25) is 0 Å². The average Bonchev–Trinajstić information content (AvgIpc) is 2.66. The summed E-state index contributed by atoms with van der Waals surface area (Å²) >= 11 is 4.67. The summed E-state index contributed by atoms with van der Waals surface area (Å²) < 4.78 is 34.9. The van der Waals surface area contributed by atoms with E-state index in [1.54, 1.807) is 24.3 Å². The molecule has 0 unspecified atom stereocenters. The van der Waals surface area contributed by atoms with Crippen LogP contribution in [-0.4, -0.2) is 0 Å². The van der Waals surface area contributed by atoms with Crippen molar-refractivity contribution in [3.05, 3.63) is 35.9 Å². The third kappa shape index (κ3) is 2.49. The molecule has 0 spiro atoms. The normalized spacial score (nSPS) is 11.8. The Hall–Kier alpha value is -2.40. The minimum Gasteiger partial charge on any atom is -0.397 e. The Bertz CT molecular complexity index is 1270. The topological polar surface area (TPSA) is 104 Å². The summed E-state index contributed by atoms with van der Waals surface area (Å²) in [5.74, 6) is -0.882. The van der Waals surface area contributed by atoms with Gasteiger partial charge < -0.3 is 22.9 Å². The van der Waals surface area contributed by atoms with Crippen LogP contribution >= 0.6 is 45.3 Å². The maximum Gasteiger partial charge on any atom is 0.160 e. The summed E-state index contributed by atoms with van der Waals surface area (Å²) in [6.45, 7) is 0. The van der Waals surface area contributed by atoms with Gasteiger partial charge in [-0.05, 0) is 24.3 Å². The summed E-state index contributed by atoms with van der Waals surface area (Å²) in [6, 6.07) is 6.79. The number of nitrogen functional groups attached to an aromatic ring is 4. The first-order valence-corrected chi connectivity index (χ1v) is 11.2. The van der Waals surface area contributed by atoms with Crippen molar-refractivity contribution in [1.29, 1.82) is 0 Å². The molecule has 28 heavy (non-hydrogen) atoms. The van der Waals surface area contributed by atoms with Gasteiger partial charge in [0, 0.05) is 18.8 Å². The van der Waals surface area contributed by atoms with E-state index in [1.165, 1.54) is 45.3 Å². The summed E-state index contributed by atoms with van der Waals surface area (Å²) in [5, 5.41) is 0. The summed E-state index contributed by atoms with van der Waals surface area (Å²) in [7, 11) is 0. The molecule has 8 N–H and O–H groups in total. The predicted molar refractivity (Wildman–Crippen MR) is 123 cm³/mol. The lowest BCUT2D eigenvalue weighted by Crippen LogP contribution is -1.94. The van der Waals surface area contributed by atoms with Gasteiger partial charge in [-0.2, -0.15) is 0 Å². The molecule has 10 heteroatoms. The number of rotatable bonds is 0. The molecule has 3 aromatic carbocycles. The minimum atomic E-state index is -0.441. The Morgan fingerprint density at radius 1 is 0.464 bits per heavy atom. The predicted octanol–water partition coefficient (Wildman–Crippen LogP) is 6.28. The Morgan fingerprint density at radius 3 is 0.893 bits per heavy atom. The highest BCUT2D eigenvalue weighted by Crippen LogP contribution is 2.45. The van der Waals surface area contributed by atoms with Crippen molar-refractivity contribution in [3.8, 4) is 0 Å². The van der Waals surface area contributed by atoms with Crippen LogP contribution in [0.1, 0.15) is 0 Å². The Morgan fingerprint density at radius 2 is 0.679 bits per heavy atom. The lowest BCUT2D eigenvalue weighted by molar-refractivity contribution is 0.640. The molecule has 142 valence electrons. The van der Waals surface area contributed by atoms with Crippen LogP contribution in [0.5, 0.6) is 0 Å². The molecule has 0 saturated heterocycles. The molecule has 0 bridgehead atoms. The van der Waals surface area contributed by atoms with Crippen molar-refractivity contribution >= 4 is 106 Å². The van der Waals surface area contributed by atoms with Gasteiger partial charge in [0.15, 0.2) is 11.6 Å². The molecular formula is C18H12F2N4S4. The molecule has 0 radical (unpaired) electrons. The van der Waals surface area contributed by atoms with Crippen molar-refractivity contribution in [2.45, 2.75) is 0 Å². The molecule has 2 aromatic heterocycles. The zero-order valence-corrected chi connectivity index (χ0v) is 17.3. The first-order chi connectivity index (χ1) is 13.3. The maximum absolute atomic E-state index is 15.4. The van der Waals surface area contributed by atoms with Crippen molar-refractivity contribution in [2.24, 2.45) is 0 Å². The van der Waals surface area contributed by atoms with Crippen molar-refractivity contribution < 1.29 is 8.78 Å². The van der Waals surface area contributed by atoms with Crippen molar-refractivity contribution in [1.82, 2.24) is 0 Å². The van der Waals surface area contributed by atoms with Gasteiger partial charge in [-0.25, -0.2) is 8.78 Å². The van der Waals surface area contributed by atoms with E-state index >= 15 is 8.78 Å². The fourth-order valence-electron chi connectivity index (χ4n) is 2.91. The first-order valence-electron chi connectivity index (χ1n) is 7.98. The van der Waals surface area contributed by atoms with Crippen LogP contribution in [0.25, 0.3) is 37.6 Å². The number of benzene rings is 3. The van der Waals surface area contributed by atoms with Crippen LogP contribution < -0.4 is 22.9 Å². The highest BCUT2D eigenvalue weighted by Gasteiger charge is 2.19. The first kappa shape index (κ1) is 17.7. The molecular weight excluding hydrogens is 438 g/mol. The molecule has 0 aliphatic heterocycles. The van der Waals surface area contributed by atoms with Gasteiger partial charge in [-0.15, -0.1) is 45.3 Å². The van der Waals surface area contributed by atoms with E-state index in [4.69, 9.17) is 22.9 Å². The molecule has 0 amide bonds. The Kier molecular flexibility index (Phi) is 3.82. The number of nitrogens with two attached hydrogens (primary N) is 4. The monoisotopic (exact) mass is 450 g/mol. The van der Waals surface area contributed by atoms with Crippen LogP contribution in [-0.2, 0) is 0 Å². The van der Waals surface area contributed by atoms with Crippen LogP contribution in [0.15, 0.2) is 24.3 Å². The van der Waals surface area contributed by atoms with Gasteiger partial charge in [0.05, 0.1) is 41.5 Å². The SMILES string of the molecule is Nc1cc2sc3c(F)c4sc5cc(N)c(N)cc5sc4c(F)c3sc2cc1N. The minimum absolute atomic E-state index is 0.262. The van der Waals surface area contributed by atoms with Gasteiger partial charge in [0.25, 0.3) is 0 Å². The molecule has 0 fully saturated rings. The van der Waals surface area contributed by atoms with Gasteiger partial charge in [0.1, 0.15) is 0 Å². The van der Waals surface area contributed by atoms with Crippen LogP contribution in [0.3, 0.4) is 0 Å². The van der Waals surface area contributed by atoms with Gasteiger partial charge >= 0.3 is 0 Å². The van der Waals surface area contributed by atoms with Gasteiger partial charge in [-0.1, -0.05) is 0 Å². The Labute approximate surface area is 172 Å². The molecule has 0 aliphatic rings. The van der Waals surface area contributed by atoms with Crippen molar-refractivity contribution in [2.75, 3.05) is 22.9 Å². The van der Waals surface area contributed by atoms with Crippen LogP contribution in [0.2, 0.25) is 0 Å². The van der Waals surface area contributed by atoms with Crippen LogP contribution in [0, 0.1) is 11.6 Å². The standard InChI is InChI=1S/C18H12F2N4S4/c19-13-15-16(26-10-2-6(22)5(21)1-9(10)25-15)14(20)18-17(13)27-11-3-7(23)8(24)4-12(11)28-18/h1-4H,21-24H2. The van der Waals surface area contributed by atoms with Gasteiger partial charge in [0.2, 0.25) is 0 Å². The molecule has 5 aromatic rings. The number of hydrogen-bond acceptors (Lipinski definition) is 8. The number of anilines is 4. The largest absolute Gasteiger partial charge is 0.397 e. The molecule has 0 atom stereocenters. The number of hydrogen-bond donors (Lipinski definition) is 4. The molecule has 5 rings (SSSR count). The van der Waals surface area contributed by atoms with E-state index < -0.39 is 11.6 Å². The quantitative estimate of drug-likeness (QED) is 0.165. The number of fused-ring (bicyclic) bond motifs is 4. The second kappa shape index (κ2) is 6.05.